The van der Waals surface area contributed by atoms with Gasteiger partial charge >= 0.3 is 0 Å². The second-order valence-electron chi connectivity index (χ2n) is 4.56. The molecule has 0 radical (unpaired) electrons. The lowest BCUT2D eigenvalue weighted by Gasteiger charge is -2.23. The van der Waals surface area contributed by atoms with E-state index >= 15 is 0 Å². The zero-order chi connectivity index (χ0) is 12.1. The number of aliphatic hydroxyl groups is 1. The van der Waals surface area contributed by atoms with E-state index in [1.165, 1.54) is 6.07 Å². The smallest absolute Gasteiger partial charge is 0.126 e. The van der Waals surface area contributed by atoms with Gasteiger partial charge in [0.1, 0.15) is 5.82 Å². The molecule has 0 aliphatic heterocycles. The third-order valence-corrected chi connectivity index (χ3v) is 2.74. The van der Waals surface area contributed by atoms with Crippen LogP contribution in [0.3, 0.4) is 0 Å². The summed E-state index contributed by atoms with van der Waals surface area (Å²) < 4.78 is 13.6. The molecule has 0 aliphatic rings. The Hall–Kier alpha value is -0.930. The molecule has 90 valence electrons. The summed E-state index contributed by atoms with van der Waals surface area (Å²) in [6.07, 6.45) is 0.0535. The molecule has 2 atom stereocenters. The fourth-order valence-corrected chi connectivity index (χ4v) is 1.91. The summed E-state index contributed by atoms with van der Waals surface area (Å²) in [6.45, 7) is 4.31. The molecule has 0 heterocycles. The molecule has 0 aromatic heterocycles. The molecule has 1 aromatic carbocycles. The van der Waals surface area contributed by atoms with Crippen molar-refractivity contribution in [2.24, 2.45) is 11.7 Å². The number of rotatable bonds is 5. The topological polar surface area (TPSA) is 46.2 Å². The summed E-state index contributed by atoms with van der Waals surface area (Å²) >= 11 is 0. The molecule has 0 saturated heterocycles. The second-order valence-corrected chi connectivity index (χ2v) is 4.56. The van der Waals surface area contributed by atoms with E-state index in [2.05, 4.69) is 0 Å². The van der Waals surface area contributed by atoms with Crippen LogP contribution in [0.5, 0.6) is 0 Å². The maximum Gasteiger partial charge on any atom is 0.126 e. The first-order valence-corrected chi connectivity index (χ1v) is 5.68. The monoisotopic (exact) mass is 225 g/mol. The third kappa shape index (κ3) is 3.29. The molecule has 3 heteroatoms. The van der Waals surface area contributed by atoms with E-state index in [0.717, 1.165) is 0 Å². The summed E-state index contributed by atoms with van der Waals surface area (Å²) in [6, 6.07) is 6.50. The lowest BCUT2D eigenvalue weighted by atomic mass is 9.88. The van der Waals surface area contributed by atoms with Gasteiger partial charge < -0.3 is 10.8 Å². The van der Waals surface area contributed by atoms with Crippen LogP contribution in [0.25, 0.3) is 0 Å². The zero-order valence-corrected chi connectivity index (χ0v) is 9.86. The van der Waals surface area contributed by atoms with Crippen molar-refractivity contribution in [1.82, 2.24) is 0 Å². The van der Waals surface area contributed by atoms with Crippen LogP contribution in [-0.2, 0) is 0 Å². The maximum atomic E-state index is 13.6. The SMILES string of the molecule is CC(C)CC(O)C(CN)c1ccccc1F. The van der Waals surface area contributed by atoms with Crippen LogP contribution in [0.1, 0.15) is 31.7 Å². The predicted octanol–water partition coefficient (Wildman–Crippen LogP) is 2.28. The highest BCUT2D eigenvalue weighted by Gasteiger charge is 2.22. The van der Waals surface area contributed by atoms with Crippen LogP contribution < -0.4 is 5.73 Å². The van der Waals surface area contributed by atoms with Gasteiger partial charge in [-0.05, 0) is 24.0 Å². The molecular weight excluding hydrogens is 205 g/mol. The minimum Gasteiger partial charge on any atom is -0.392 e. The quantitative estimate of drug-likeness (QED) is 0.807. The Labute approximate surface area is 96.3 Å². The number of hydrogen-bond acceptors (Lipinski definition) is 2. The van der Waals surface area contributed by atoms with Gasteiger partial charge in [0.2, 0.25) is 0 Å². The van der Waals surface area contributed by atoms with Gasteiger partial charge in [-0.3, -0.25) is 0 Å². The Morgan fingerprint density at radius 3 is 2.44 bits per heavy atom. The first-order valence-electron chi connectivity index (χ1n) is 5.68. The average Bonchev–Trinajstić information content (AvgIpc) is 2.20. The van der Waals surface area contributed by atoms with E-state index in [0.29, 0.717) is 17.9 Å². The minimum absolute atomic E-state index is 0.259. The number of hydrogen-bond donors (Lipinski definition) is 2. The average molecular weight is 225 g/mol. The second kappa shape index (κ2) is 5.97. The highest BCUT2D eigenvalue weighted by atomic mass is 19.1. The molecule has 3 N–H and O–H groups in total. The molecular formula is C13H20FNO. The third-order valence-electron chi connectivity index (χ3n) is 2.74. The molecule has 0 saturated carbocycles. The van der Waals surface area contributed by atoms with E-state index in [-0.39, 0.29) is 18.3 Å². The van der Waals surface area contributed by atoms with E-state index in [1.807, 2.05) is 13.8 Å². The van der Waals surface area contributed by atoms with Gasteiger partial charge in [-0.25, -0.2) is 4.39 Å². The van der Waals surface area contributed by atoms with Gasteiger partial charge in [0.05, 0.1) is 6.10 Å². The fourth-order valence-electron chi connectivity index (χ4n) is 1.91. The Bertz CT molecular complexity index is 327. The van der Waals surface area contributed by atoms with Crippen LogP contribution >= 0.6 is 0 Å². The fraction of sp³-hybridized carbons (Fsp3) is 0.538. The van der Waals surface area contributed by atoms with Gasteiger partial charge in [0, 0.05) is 12.5 Å². The number of nitrogens with two attached hydrogens (primary N) is 1. The predicted molar refractivity (Wildman–Crippen MR) is 63.7 cm³/mol. The molecule has 0 amide bonds. The van der Waals surface area contributed by atoms with Crippen LogP contribution in [-0.4, -0.2) is 17.8 Å². The summed E-state index contributed by atoms with van der Waals surface area (Å²) in [5, 5.41) is 10.0. The van der Waals surface area contributed by atoms with Crippen molar-refractivity contribution in [3.8, 4) is 0 Å². The van der Waals surface area contributed by atoms with Crippen molar-refractivity contribution in [2.45, 2.75) is 32.3 Å². The molecule has 0 fully saturated rings. The highest BCUT2D eigenvalue weighted by Crippen LogP contribution is 2.25. The molecule has 2 nitrogen and oxygen atoms in total. The van der Waals surface area contributed by atoms with Crippen molar-refractivity contribution in [3.63, 3.8) is 0 Å². The molecule has 1 aromatic rings. The summed E-state index contributed by atoms with van der Waals surface area (Å²) in [7, 11) is 0. The van der Waals surface area contributed by atoms with Gasteiger partial charge in [0.25, 0.3) is 0 Å². The first kappa shape index (κ1) is 13.1. The highest BCUT2D eigenvalue weighted by molar-refractivity contribution is 5.23. The van der Waals surface area contributed by atoms with E-state index in [9.17, 15) is 9.50 Å². The maximum absolute atomic E-state index is 13.6. The lowest BCUT2D eigenvalue weighted by Crippen LogP contribution is -2.27. The van der Waals surface area contributed by atoms with Crippen LogP contribution in [0.15, 0.2) is 24.3 Å². The van der Waals surface area contributed by atoms with Crippen LogP contribution in [0, 0.1) is 11.7 Å². The number of halogens is 1. The lowest BCUT2D eigenvalue weighted by molar-refractivity contribution is 0.120. The van der Waals surface area contributed by atoms with Crippen LogP contribution in [0.4, 0.5) is 4.39 Å². The first-order chi connectivity index (χ1) is 7.56. The van der Waals surface area contributed by atoms with Gasteiger partial charge in [-0.2, -0.15) is 0 Å². The molecule has 1 rings (SSSR count). The molecule has 2 unspecified atom stereocenters. The Morgan fingerprint density at radius 1 is 1.31 bits per heavy atom. The van der Waals surface area contributed by atoms with Crippen molar-refractivity contribution in [2.75, 3.05) is 6.54 Å². The minimum atomic E-state index is -0.582. The van der Waals surface area contributed by atoms with E-state index in [4.69, 9.17) is 5.73 Å². The van der Waals surface area contributed by atoms with Gasteiger partial charge in [0.15, 0.2) is 0 Å². The standard InChI is InChI=1S/C13H20FNO/c1-9(2)7-13(16)11(8-15)10-5-3-4-6-12(10)14/h3-6,9,11,13,16H,7-8,15H2,1-2H3. The molecule has 0 bridgehead atoms. The van der Waals surface area contributed by atoms with E-state index in [1.54, 1.807) is 18.2 Å². The molecule has 0 aliphatic carbocycles. The van der Waals surface area contributed by atoms with Crippen molar-refractivity contribution in [1.29, 1.82) is 0 Å². The Kier molecular flexibility index (Phi) is 4.90. The Balaban J connectivity index is 2.86. The van der Waals surface area contributed by atoms with Crippen molar-refractivity contribution in [3.05, 3.63) is 35.6 Å². The number of aliphatic hydroxyl groups excluding tert-OH is 1. The Morgan fingerprint density at radius 2 is 1.94 bits per heavy atom. The van der Waals surface area contributed by atoms with Gasteiger partial charge in [-0.15, -0.1) is 0 Å². The zero-order valence-electron chi connectivity index (χ0n) is 9.86. The molecule has 0 spiro atoms. The van der Waals surface area contributed by atoms with Crippen molar-refractivity contribution < 1.29 is 9.50 Å². The summed E-state index contributed by atoms with van der Waals surface area (Å²) in [5.74, 6) is -0.236. The van der Waals surface area contributed by atoms with E-state index < -0.39 is 6.10 Å². The van der Waals surface area contributed by atoms with Crippen LogP contribution in [0.2, 0.25) is 0 Å². The van der Waals surface area contributed by atoms with Gasteiger partial charge in [-0.1, -0.05) is 32.0 Å². The van der Waals surface area contributed by atoms with Crippen molar-refractivity contribution >= 4 is 0 Å². The summed E-state index contributed by atoms with van der Waals surface area (Å²) in [4.78, 5) is 0. The number of benzene rings is 1. The summed E-state index contributed by atoms with van der Waals surface area (Å²) in [5.41, 5.74) is 6.14. The largest absolute Gasteiger partial charge is 0.392 e. The molecule has 16 heavy (non-hydrogen) atoms. The normalized spacial score (nSPS) is 15.1.